The first-order valence-electron chi connectivity index (χ1n) is 7.48. The minimum atomic E-state index is -3.85. The first-order valence-corrected chi connectivity index (χ1v) is 8.97. The fraction of sp³-hybridized carbons (Fsp3) is 0.533. The average molecular weight is 342 g/mol. The van der Waals surface area contributed by atoms with E-state index in [0.717, 1.165) is 6.42 Å². The van der Waals surface area contributed by atoms with Gasteiger partial charge in [-0.05, 0) is 18.1 Å². The lowest BCUT2D eigenvalue weighted by Gasteiger charge is -2.21. The van der Waals surface area contributed by atoms with E-state index in [1.54, 1.807) is 19.9 Å². The van der Waals surface area contributed by atoms with E-state index in [9.17, 15) is 13.2 Å². The molecule has 0 radical (unpaired) electrons. The molecule has 0 bridgehead atoms. The van der Waals surface area contributed by atoms with Crippen LogP contribution in [0.15, 0.2) is 23.1 Å². The second-order valence-corrected chi connectivity index (χ2v) is 7.33. The third-order valence-corrected chi connectivity index (χ3v) is 4.95. The molecule has 0 aromatic heterocycles. The van der Waals surface area contributed by atoms with Crippen LogP contribution in [0.1, 0.15) is 20.3 Å². The fourth-order valence-electron chi connectivity index (χ4n) is 2.19. The van der Waals surface area contributed by atoms with Crippen molar-refractivity contribution >= 4 is 15.9 Å². The summed E-state index contributed by atoms with van der Waals surface area (Å²) in [6.45, 7) is 4.55. The van der Waals surface area contributed by atoms with Crippen LogP contribution in [0, 0.1) is 5.92 Å². The number of likely N-dealkylation sites (N-methyl/N-ethyl adjacent to an activating group) is 1. The van der Waals surface area contributed by atoms with Crippen molar-refractivity contribution in [3.05, 3.63) is 18.2 Å². The zero-order valence-corrected chi connectivity index (χ0v) is 14.3. The topological polar surface area (TPSA) is 93.7 Å². The van der Waals surface area contributed by atoms with E-state index in [1.165, 1.54) is 19.2 Å². The molecule has 0 fully saturated rings. The van der Waals surface area contributed by atoms with Crippen molar-refractivity contribution in [2.75, 3.05) is 20.3 Å². The Morgan fingerprint density at radius 2 is 1.83 bits per heavy atom. The Balaban J connectivity index is 2.28. The molecule has 1 aromatic carbocycles. The average Bonchev–Trinajstić information content (AvgIpc) is 2.76. The van der Waals surface area contributed by atoms with Crippen LogP contribution >= 0.6 is 0 Å². The molecule has 0 saturated carbocycles. The normalized spacial score (nSPS) is 15.8. The molecule has 1 aromatic rings. The zero-order valence-electron chi connectivity index (χ0n) is 13.5. The number of carbonyl (C=O) groups excluding carboxylic acids is 1. The minimum Gasteiger partial charge on any atom is -0.490 e. The van der Waals surface area contributed by atoms with E-state index in [2.05, 4.69) is 10.0 Å². The Morgan fingerprint density at radius 1 is 1.17 bits per heavy atom. The van der Waals surface area contributed by atoms with Crippen molar-refractivity contribution < 1.29 is 22.7 Å². The van der Waals surface area contributed by atoms with E-state index in [-0.39, 0.29) is 16.7 Å². The molecule has 1 amide bonds. The number of hydrogen-bond donors (Lipinski definition) is 2. The highest BCUT2D eigenvalue weighted by atomic mass is 32.2. The third kappa shape index (κ3) is 4.14. The molecular formula is C15H22N2O5S. The van der Waals surface area contributed by atoms with Crippen LogP contribution in [-0.2, 0) is 14.8 Å². The molecule has 1 aliphatic heterocycles. The van der Waals surface area contributed by atoms with Gasteiger partial charge in [0.15, 0.2) is 11.5 Å². The van der Waals surface area contributed by atoms with Crippen molar-refractivity contribution in [1.82, 2.24) is 10.0 Å². The van der Waals surface area contributed by atoms with Crippen molar-refractivity contribution in [2.24, 2.45) is 5.92 Å². The van der Waals surface area contributed by atoms with Gasteiger partial charge in [-0.3, -0.25) is 4.79 Å². The molecule has 1 atom stereocenters. The number of fused-ring (bicyclic) bond motifs is 1. The second kappa shape index (κ2) is 7.18. The van der Waals surface area contributed by atoms with Crippen molar-refractivity contribution in [3.63, 3.8) is 0 Å². The van der Waals surface area contributed by atoms with Gasteiger partial charge in [0.2, 0.25) is 15.9 Å². The Kier molecular flexibility index (Phi) is 5.48. The lowest BCUT2D eigenvalue weighted by atomic mass is 10.1. The molecule has 0 saturated heterocycles. The lowest BCUT2D eigenvalue weighted by molar-refractivity contribution is -0.123. The van der Waals surface area contributed by atoms with Crippen molar-refractivity contribution in [1.29, 1.82) is 0 Å². The van der Waals surface area contributed by atoms with Crippen molar-refractivity contribution in [3.8, 4) is 11.5 Å². The summed E-state index contributed by atoms with van der Waals surface area (Å²) in [7, 11) is -2.38. The van der Waals surface area contributed by atoms with E-state index in [0.29, 0.717) is 24.7 Å². The molecule has 0 aliphatic carbocycles. The highest BCUT2D eigenvalue weighted by molar-refractivity contribution is 7.89. The summed E-state index contributed by atoms with van der Waals surface area (Å²) < 4.78 is 38.5. The SMILES string of the molecule is CNC(=O)C(NS(=O)(=O)c1ccc2c(c1)OCCCO2)C(C)C. The van der Waals surface area contributed by atoms with Crippen LogP contribution in [0.3, 0.4) is 0 Å². The number of nitrogens with one attached hydrogen (secondary N) is 2. The summed E-state index contributed by atoms with van der Waals surface area (Å²) in [5, 5.41) is 2.47. The monoisotopic (exact) mass is 342 g/mol. The summed E-state index contributed by atoms with van der Waals surface area (Å²) in [6, 6.07) is 3.59. The van der Waals surface area contributed by atoms with Crippen LogP contribution < -0.4 is 19.5 Å². The quantitative estimate of drug-likeness (QED) is 0.829. The molecule has 0 spiro atoms. The summed E-state index contributed by atoms with van der Waals surface area (Å²) in [5.74, 6) is 0.350. The van der Waals surface area contributed by atoms with Gasteiger partial charge in [-0.15, -0.1) is 0 Å². The molecule has 1 unspecified atom stereocenters. The molecule has 128 valence electrons. The van der Waals surface area contributed by atoms with Gasteiger partial charge in [-0.25, -0.2) is 8.42 Å². The van der Waals surface area contributed by atoms with Crippen LogP contribution in [0.5, 0.6) is 11.5 Å². The number of ether oxygens (including phenoxy) is 2. The molecule has 8 heteroatoms. The van der Waals surface area contributed by atoms with Crippen LogP contribution in [0.4, 0.5) is 0 Å². The smallest absolute Gasteiger partial charge is 0.241 e. The lowest BCUT2D eigenvalue weighted by Crippen LogP contribution is -2.48. The third-order valence-electron chi connectivity index (χ3n) is 3.51. The standard InChI is InChI=1S/C15H22N2O5S/c1-10(2)14(15(18)16-3)17-23(19,20)11-5-6-12-13(9-11)22-8-4-7-21-12/h5-6,9-10,14,17H,4,7-8H2,1-3H3,(H,16,18). The highest BCUT2D eigenvalue weighted by Crippen LogP contribution is 2.32. The highest BCUT2D eigenvalue weighted by Gasteiger charge is 2.28. The number of carbonyl (C=O) groups is 1. The zero-order chi connectivity index (χ0) is 17.0. The molecule has 23 heavy (non-hydrogen) atoms. The van der Waals surface area contributed by atoms with E-state index < -0.39 is 16.1 Å². The van der Waals surface area contributed by atoms with E-state index in [1.807, 2.05) is 0 Å². The Labute approximate surface area is 136 Å². The Hall–Kier alpha value is -1.80. The van der Waals surface area contributed by atoms with Gasteiger partial charge in [-0.2, -0.15) is 4.72 Å². The minimum absolute atomic E-state index is 0.0382. The maximum absolute atomic E-state index is 12.6. The molecular weight excluding hydrogens is 320 g/mol. The van der Waals surface area contributed by atoms with Crippen LogP contribution in [-0.4, -0.2) is 40.6 Å². The first kappa shape index (κ1) is 17.6. The van der Waals surface area contributed by atoms with Crippen molar-refractivity contribution in [2.45, 2.75) is 31.2 Å². The fourth-order valence-corrected chi connectivity index (χ4v) is 3.55. The molecule has 1 aliphatic rings. The maximum atomic E-state index is 12.6. The van der Waals surface area contributed by atoms with Crippen LogP contribution in [0.25, 0.3) is 0 Å². The summed E-state index contributed by atoms with van der Waals surface area (Å²) in [6.07, 6.45) is 0.737. The summed E-state index contributed by atoms with van der Waals surface area (Å²) in [4.78, 5) is 11.9. The number of hydrogen-bond acceptors (Lipinski definition) is 5. The van der Waals surface area contributed by atoms with Gasteiger partial charge in [0.1, 0.15) is 6.04 Å². The molecule has 2 rings (SSSR count). The van der Waals surface area contributed by atoms with Gasteiger partial charge in [0.05, 0.1) is 18.1 Å². The van der Waals surface area contributed by atoms with Gasteiger partial charge < -0.3 is 14.8 Å². The molecule has 1 heterocycles. The molecule has 2 N–H and O–H groups in total. The second-order valence-electron chi connectivity index (χ2n) is 5.62. The molecule has 7 nitrogen and oxygen atoms in total. The first-order chi connectivity index (χ1) is 10.8. The summed E-state index contributed by atoms with van der Waals surface area (Å²) in [5.41, 5.74) is 0. The number of rotatable bonds is 5. The van der Waals surface area contributed by atoms with Gasteiger partial charge in [0.25, 0.3) is 0 Å². The van der Waals surface area contributed by atoms with Gasteiger partial charge >= 0.3 is 0 Å². The van der Waals surface area contributed by atoms with Gasteiger partial charge in [0, 0.05) is 19.5 Å². The number of amides is 1. The predicted octanol–water partition coefficient (Wildman–Crippen LogP) is 0.897. The van der Waals surface area contributed by atoms with E-state index >= 15 is 0 Å². The Morgan fingerprint density at radius 3 is 2.43 bits per heavy atom. The van der Waals surface area contributed by atoms with Gasteiger partial charge in [-0.1, -0.05) is 13.8 Å². The largest absolute Gasteiger partial charge is 0.490 e. The number of sulfonamides is 1. The number of benzene rings is 1. The summed E-state index contributed by atoms with van der Waals surface area (Å²) >= 11 is 0. The maximum Gasteiger partial charge on any atom is 0.241 e. The predicted molar refractivity (Wildman–Crippen MR) is 85.1 cm³/mol. The Bertz CT molecular complexity index is 672. The van der Waals surface area contributed by atoms with E-state index in [4.69, 9.17) is 9.47 Å². The van der Waals surface area contributed by atoms with Crippen LogP contribution in [0.2, 0.25) is 0 Å².